The fourth-order valence-corrected chi connectivity index (χ4v) is 2.59. The number of H-pyrrole nitrogens is 1. The number of benzene rings is 1. The molecule has 2 aromatic rings. The third-order valence-electron chi connectivity index (χ3n) is 3.92. The summed E-state index contributed by atoms with van der Waals surface area (Å²) in [5, 5.41) is 3.56. The van der Waals surface area contributed by atoms with Crippen LogP contribution in [0.3, 0.4) is 0 Å². The topological polar surface area (TPSA) is 49.9 Å². The SMILES string of the molecule is CC1OCCC1Nc1ccc2nc(C(C)(C)C)[nH]c2c1. The van der Waals surface area contributed by atoms with E-state index >= 15 is 0 Å². The lowest BCUT2D eigenvalue weighted by Gasteiger charge is -2.17. The maximum atomic E-state index is 5.59. The summed E-state index contributed by atoms with van der Waals surface area (Å²) in [4.78, 5) is 8.09. The number of fused-ring (bicyclic) bond motifs is 1. The minimum Gasteiger partial charge on any atom is -0.380 e. The first-order valence-corrected chi connectivity index (χ1v) is 7.32. The molecule has 2 unspecified atom stereocenters. The van der Waals surface area contributed by atoms with Gasteiger partial charge in [-0.15, -0.1) is 0 Å². The Bertz CT molecular complexity index is 612. The number of nitrogens with one attached hydrogen (secondary N) is 2. The molecule has 0 bridgehead atoms. The average Bonchev–Trinajstić information content (AvgIpc) is 2.95. The van der Waals surface area contributed by atoms with Gasteiger partial charge in [-0.05, 0) is 31.5 Å². The van der Waals surface area contributed by atoms with Gasteiger partial charge < -0.3 is 15.0 Å². The second-order valence-corrected chi connectivity index (χ2v) is 6.68. The van der Waals surface area contributed by atoms with Crippen LogP contribution in [0, 0.1) is 0 Å². The van der Waals surface area contributed by atoms with Crippen molar-refractivity contribution in [3.05, 3.63) is 24.0 Å². The van der Waals surface area contributed by atoms with E-state index in [1.165, 1.54) is 0 Å². The molecule has 1 aromatic carbocycles. The van der Waals surface area contributed by atoms with Crippen LogP contribution in [0.15, 0.2) is 18.2 Å². The summed E-state index contributed by atoms with van der Waals surface area (Å²) in [6.45, 7) is 9.47. The molecule has 4 nitrogen and oxygen atoms in total. The number of hydrogen-bond acceptors (Lipinski definition) is 3. The van der Waals surface area contributed by atoms with E-state index in [0.29, 0.717) is 6.04 Å². The zero-order valence-electron chi connectivity index (χ0n) is 12.7. The predicted molar refractivity (Wildman–Crippen MR) is 82.2 cm³/mol. The van der Waals surface area contributed by atoms with E-state index in [9.17, 15) is 0 Å². The van der Waals surface area contributed by atoms with Crippen molar-refractivity contribution in [2.24, 2.45) is 0 Å². The van der Waals surface area contributed by atoms with E-state index in [4.69, 9.17) is 4.74 Å². The first-order chi connectivity index (χ1) is 9.43. The third-order valence-corrected chi connectivity index (χ3v) is 3.92. The van der Waals surface area contributed by atoms with Crippen molar-refractivity contribution in [2.75, 3.05) is 11.9 Å². The molecule has 0 amide bonds. The van der Waals surface area contributed by atoms with Crippen LogP contribution in [0.25, 0.3) is 11.0 Å². The Morgan fingerprint density at radius 3 is 2.80 bits per heavy atom. The van der Waals surface area contributed by atoms with E-state index < -0.39 is 0 Å². The molecule has 0 saturated carbocycles. The number of hydrogen-bond donors (Lipinski definition) is 2. The summed E-state index contributed by atoms with van der Waals surface area (Å²) in [6, 6.07) is 6.71. The highest BCUT2D eigenvalue weighted by atomic mass is 16.5. The standard InChI is InChI=1S/C16H23N3O/c1-10-12(7-8-20-10)17-11-5-6-13-14(9-11)19-15(18-13)16(2,3)4/h5-6,9-10,12,17H,7-8H2,1-4H3,(H,18,19). The van der Waals surface area contributed by atoms with Crippen molar-refractivity contribution >= 4 is 16.7 Å². The molecule has 3 rings (SSSR count). The Morgan fingerprint density at radius 1 is 1.35 bits per heavy atom. The fourth-order valence-electron chi connectivity index (χ4n) is 2.59. The van der Waals surface area contributed by atoms with Crippen LogP contribution in [0.1, 0.15) is 39.9 Å². The van der Waals surface area contributed by atoms with E-state index in [-0.39, 0.29) is 11.5 Å². The van der Waals surface area contributed by atoms with Crippen molar-refractivity contribution in [3.63, 3.8) is 0 Å². The minimum atomic E-state index is 0.0421. The highest BCUT2D eigenvalue weighted by Gasteiger charge is 2.24. The van der Waals surface area contributed by atoms with Crippen LogP contribution in [-0.4, -0.2) is 28.7 Å². The summed E-state index contributed by atoms with van der Waals surface area (Å²) in [7, 11) is 0. The predicted octanol–water partition coefficient (Wildman–Crippen LogP) is 3.45. The fraction of sp³-hybridized carbons (Fsp3) is 0.562. The van der Waals surface area contributed by atoms with E-state index in [2.05, 4.69) is 61.2 Å². The monoisotopic (exact) mass is 273 g/mol. The zero-order chi connectivity index (χ0) is 14.3. The number of nitrogens with zero attached hydrogens (tertiary/aromatic N) is 1. The first kappa shape index (κ1) is 13.4. The van der Waals surface area contributed by atoms with Gasteiger partial charge in [-0.1, -0.05) is 20.8 Å². The van der Waals surface area contributed by atoms with E-state index in [0.717, 1.165) is 35.6 Å². The van der Waals surface area contributed by atoms with Crippen molar-refractivity contribution in [3.8, 4) is 0 Å². The maximum Gasteiger partial charge on any atom is 0.112 e. The molecule has 20 heavy (non-hydrogen) atoms. The number of rotatable bonds is 2. The van der Waals surface area contributed by atoms with Gasteiger partial charge in [0.25, 0.3) is 0 Å². The Morgan fingerprint density at radius 2 is 2.15 bits per heavy atom. The number of aromatic nitrogens is 2. The molecule has 108 valence electrons. The van der Waals surface area contributed by atoms with Gasteiger partial charge in [-0.2, -0.15) is 0 Å². The van der Waals surface area contributed by atoms with E-state index in [1.54, 1.807) is 0 Å². The summed E-state index contributed by atoms with van der Waals surface area (Å²) in [6.07, 6.45) is 1.34. The highest BCUT2D eigenvalue weighted by molar-refractivity contribution is 5.79. The Balaban J connectivity index is 1.86. The van der Waals surface area contributed by atoms with Crippen LogP contribution in [0.2, 0.25) is 0 Å². The largest absolute Gasteiger partial charge is 0.380 e. The van der Waals surface area contributed by atoms with Crippen molar-refractivity contribution in [1.29, 1.82) is 0 Å². The lowest BCUT2D eigenvalue weighted by atomic mass is 9.96. The lowest BCUT2D eigenvalue weighted by Crippen LogP contribution is -2.26. The molecule has 1 fully saturated rings. The third kappa shape index (κ3) is 2.52. The second kappa shape index (κ2) is 4.77. The van der Waals surface area contributed by atoms with Crippen LogP contribution < -0.4 is 5.32 Å². The first-order valence-electron chi connectivity index (χ1n) is 7.32. The molecule has 1 saturated heterocycles. The van der Waals surface area contributed by atoms with Gasteiger partial charge in [-0.25, -0.2) is 4.98 Å². The molecular weight excluding hydrogens is 250 g/mol. The van der Waals surface area contributed by atoms with Gasteiger partial charge in [0, 0.05) is 17.7 Å². The van der Waals surface area contributed by atoms with Gasteiger partial charge in [-0.3, -0.25) is 0 Å². The van der Waals surface area contributed by atoms with Crippen LogP contribution in [0.4, 0.5) is 5.69 Å². The van der Waals surface area contributed by atoms with Gasteiger partial charge in [0.05, 0.1) is 23.2 Å². The smallest absolute Gasteiger partial charge is 0.112 e. The Kier molecular flexibility index (Phi) is 3.21. The Hall–Kier alpha value is -1.55. The van der Waals surface area contributed by atoms with Gasteiger partial charge in [0.1, 0.15) is 5.82 Å². The number of anilines is 1. The quantitative estimate of drug-likeness (QED) is 0.881. The Labute approximate surface area is 119 Å². The summed E-state index contributed by atoms with van der Waals surface area (Å²) in [5.41, 5.74) is 3.28. The van der Waals surface area contributed by atoms with Crippen LogP contribution in [-0.2, 0) is 10.2 Å². The van der Waals surface area contributed by atoms with E-state index in [1.807, 2.05) is 0 Å². The van der Waals surface area contributed by atoms with Crippen molar-refractivity contribution < 1.29 is 4.74 Å². The highest BCUT2D eigenvalue weighted by Crippen LogP contribution is 2.25. The van der Waals surface area contributed by atoms with Crippen molar-refractivity contribution in [1.82, 2.24) is 9.97 Å². The van der Waals surface area contributed by atoms with Gasteiger partial charge in [0.2, 0.25) is 0 Å². The molecule has 2 atom stereocenters. The van der Waals surface area contributed by atoms with Gasteiger partial charge >= 0.3 is 0 Å². The summed E-state index contributed by atoms with van der Waals surface area (Å²) in [5.74, 6) is 1.03. The summed E-state index contributed by atoms with van der Waals surface area (Å²) >= 11 is 0. The molecule has 1 aromatic heterocycles. The molecule has 0 spiro atoms. The van der Waals surface area contributed by atoms with Crippen LogP contribution >= 0.6 is 0 Å². The summed E-state index contributed by atoms with van der Waals surface area (Å²) < 4.78 is 5.59. The zero-order valence-corrected chi connectivity index (χ0v) is 12.7. The molecule has 0 aliphatic carbocycles. The van der Waals surface area contributed by atoms with Gasteiger partial charge in [0.15, 0.2) is 0 Å². The molecular formula is C16H23N3O. The lowest BCUT2D eigenvalue weighted by molar-refractivity contribution is 0.121. The number of imidazole rings is 1. The molecule has 4 heteroatoms. The normalized spacial score (nSPS) is 23.4. The number of ether oxygens (including phenoxy) is 1. The number of aromatic amines is 1. The molecule has 1 aliphatic rings. The molecule has 2 heterocycles. The second-order valence-electron chi connectivity index (χ2n) is 6.68. The molecule has 1 aliphatic heterocycles. The maximum absolute atomic E-state index is 5.59. The van der Waals surface area contributed by atoms with Crippen molar-refractivity contribution in [2.45, 2.75) is 51.7 Å². The van der Waals surface area contributed by atoms with Crippen LogP contribution in [0.5, 0.6) is 0 Å². The molecule has 0 radical (unpaired) electrons. The molecule has 2 N–H and O–H groups in total. The minimum absolute atomic E-state index is 0.0421. The average molecular weight is 273 g/mol.